The predicted octanol–water partition coefficient (Wildman–Crippen LogP) is 3.40. The molecule has 7 heteroatoms. The van der Waals surface area contributed by atoms with Crippen LogP contribution in [0.2, 0.25) is 5.02 Å². The van der Waals surface area contributed by atoms with Crippen LogP contribution in [0.5, 0.6) is 11.5 Å². The van der Waals surface area contributed by atoms with Gasteiger partial charge in [-0.3, -0.25) is 4.79 Å². The molecule has 1 N–H and O–H groups in total. The maximum Gasteiger partial charge on any atom is 0.326 e. The largest absolute Gasteiger partial charge is 0.493 e. The third kappa shape index (κ3) is 3.71. The Hall–Kier alpha value is -2.73. The number of rotatable bonds is 5. The van der Waals surface area contributed by atoms with E-state index in [0.29, 0.717) is 18.1 Å². The molecule has 142 valence electrons. The van der Waals surface area contributed by atoms with Crippen LogP contribution in [0.3, 0.4) is 0 Å². The molecule has 1 heterocycles. The van der Waals surface area contributed by atoms with Crippen molar-refractivity contribution in [1.82, 2.24) is 4.90 Å². The minimum atomic E-state index is -1.04. The van der Waals surface area contributed by atoms with E-state index in [2.05, 4.69) is 0 Å². The molecule has 0 aliphatic carbocycles. The van der Waals surface area contributed by atoms with Crippen molar-refractivity contribution in [3.05, 3.63) is 58.1 Å². The summed E-state index contributed by atoms with van der Waals surface area (Å²) < 4.78 is 10.8. The molecule has 1 aliphatic rings. The second-order valence-corrected chi connectivity index (χ2v) is 6.59. The van der Waals surface area contributed by atoms with Gasteiger partial charge >= 0.3 is 5.97 Å². The fourth-order valence-corrected chi connectivity index (χ4v) is 3.52. The van der Waals surface area contributed by atoms with E-state index in [-0.39, 0.29) is 23.6 Å². The lowest BCUT2D eigenvalue weighted by Gasteiger charge is -2.34. The number of nitrogens with zero attached hydrogens (tertiary/aromatic N) is 1. The molecule has 2 aromatic rings. The molecule has 0 spiro atoms. The molecule has 0 saturated carbocycles. The van der Waals surface area contributed by atoms with E-state index in [4.69, 9.17) is 21.1 Å². The van der Waals surface area contributed by atoms with Gasteiger partial charge < -0.3 is 19.5 Å². The van der Waals surface area contributed by atoms with Crippen molar-refractivity contribution in [1.29, 1.82) is 0 Å². The van der Waals surface area contributed by atoms with Crippen LogP contribution < -0.4 is 9.47 Å². The van der Waals surface area contributed by atoms with E-state index in [1.54, 1.807) is 0 Å². The molecule has 0 aromatic heterocycles. The van der Waals surface area contributed by atoms with Gasteiger partial charge in [0.05, 0.1) is 18.7 Å². The zero-order valence-corrected chi connectivity index (χ0v) is 15.8. The first-order chi connectivity index (χ1) is 13.0. The number of methoxy groups -OCH3 is 1. The van der Waals surface area contributed by atoms with Gasteiger partial charge in [0.25, 0.3) is 5.91 Å². The molecule has 0 fully saturated rings. The topological polar surface area (TPSA) is 76.1 Å². The SMILES string of the molecule is CCOc1c(Cl)cc(C(=O)N2Cc3ccccc3CC2C(=O)O)cc1OC. The van der Waals surface area contributed by atoms with Crippen molar-refractivity contribution in [2.45, 2.75) is 25.9 Å². The molecule has 0 saturated heterocycles. The number of carboxylic acid groups (broad SMARTS) is 1. The summed E-state index contributed by atoms with van der Waals surface area (Å²) in [5.41, 5.74) is 2.13. The summed E-state index contributed by atoms with van der Waals surface area (Å²) in [4.78, 5) is 26.3. The number of ether oxygens (including phenoxy) is 2. The molecule has 3 rings (SSSR count). The van der Waals surface area contributed by atoms with E-state index < -0.39 is 17.9 Å². The van der Waals surface area contributed by atoms with E-state index in [0.717, 1.165) is 11.1 Å². The maximum absolute atomic E-state index is 13.1. The zero-order chi connectivity index (χ0) is 19.6. The van der Waals surface area contributed by atoms with Gasteiger partial charge in [0.15, 0.2) is 11.5 Å². The smallest absolute Gasteiger partial charge is 0.326 e. The number of hydrogen-bond acceptors (Lipinski definition) is 4. The van der Waals surface area contributed by atoms with Crippen LogP contribution in [0.25, 0.3) is 0 Å². The van der Waals surface area contributed by atoms with E-state index in [1.807, 2.05) is 31.2 Å². The first-order valence-corrected chi connectivity index (χ1v) is 8.95. The Labute approximate surface area is 162 Å². The summed E-state index contributed by atoms with van der Waals surface area (Å²) in [5.74, 6) is -0.768. The minimum absolute atomic E-state index is 0.221. The molecule has 2 aromatic carbocycles. The van der Waals surface area contributed by atoms with Crippen LogP contribution in [0.4, 0.5) is 0 Å². The van der Waals surface area contributed by atoms with Crippen LogP contribution >= 0.6 is 11.6 Å². The van der Waals surface area contributed by atoms with E-state index in [1.165, 1.54) is 24.1 Å². The predicted molar refractivity (Wildman–Crippen MR) is 101 cm³/mol. The molecule has 27 heavy (non-hydrogen) atoms. The van der Waals surface area contributed by atoms with Crippen molar-refractivity contribution in [2.24, 2.45) is 0 Å². The van der Waals surface area contributed by atoms with Crippen LogP contribution in [-0.4, -0.2) is 41.6 Å². The van der Waals surface area contributed by atoms with Gasteiger partial charge in [0, 0.05) is 18.5 Å². The van der Waals surface area contributed by atoms with Crippen molar-refractivity contribution >= 4 is 23.5 Å². The number of benzene rings is 2. The minimum Gasteiger partial charge on any atom is -0.493 e. The molecule has 1 aliphatic heterocycles. The molecule has 0 bridgehead atoms. The van der Waals surface area contributed by atoms with Gasteiger partial charge in [-0.2, -0.15) is 0 Å². The fourth-order valence-electron chi connectivity index (χ4n) is 3.25. The van der Waals surface area contributed by atoms with Gasteiger partial charge in [-0.1, -0.05) is 35.9 Å². The van der Waals surface area contributed by atoms with Crippen molar-refractivity contribution < 1.29 is 24.2 Å². The van der Waals surface area contributed by atoms with Crippen LogP contribution in [0.1, 0.15) is 28.4 Å². The number of carbonyl (C=O) groups is 2. The van der Waals surface area contributed by atoms with Crippen LogP contribution in [0.15, 0.2) is 36.4 Å². The first-order valence-electron chi connectivity index (χ1n) is 8.57. The van der Waals surface area contributed by atoms with E-state index >= 15 is 0 Å². The lowest BCUT2D eigenvalue weighted by Crippen LogP contribution is -2.48. The van der Waals surface area contributed by atoms with Gasteiger partial charge in [-0.15, -0.1) is 0 Å². The Morgan fingerprint density at radius 1 is 1.26 bits per heavy atom. The Balaban J connectivity index is 1.99. The highest BCUT2D eigenvalue weighted by molar-refractivity contribution is 6.32. The average molecular weight is 390 g/mol. The Kier molecular flexibility index (Phi) is 5.56. The van der Waals surface area contributed by atoms with Gasteiger partial charge in [0.1, 0.15) is 6.04 Å². The monoisotopic (exact) mass is 389 g/mol. The van der Waals surface area contributed by atoms with Crippen molar-refractivity contribution in [2.75, 3.05) is 13.7 Å². The summed E-state index contributed by atoms with van der Waals surface area (Å²) in [7, 11) is 1.46. The number of halogens is 1. The molecule has 0 radical (unpaired) electrons. The summed E-state index contributed by atoms with van der Waals surface area (Å²) >= 11 is 6.26. The highest BCUT2D eigenvalue weighted by Crippen LogP contribution is 2.37. The fraction of sp³-hybridized carbons (Fsp3) is 0.300. The molecule has 1 atom stereocenters. The Morgan fingerprint density at radius 3 is 2.59 bits per heavy atom. The van der Waals surface area contributed by atoms with Gasteiger partial charge in [0.2, 0.25) is 0 Å². The highest BCUT2D eigenvalue weighted by atomic mass is 35.5. The van der Waals surface area contributed by atoms with Crippen molar-refractivity contribution in [3.63, 3.8) is 0 Å². The first kappa shape index (κ1) is 19.0. The highest BCUT2D eigenvalue weighted by Gasteiger charge is 2.35. The molecular weight excluding hydrogens is 370 g/mol. The second-order valence-electron chi connectivity index (χ2n) is 6.18. The maximum atomic E-state index is 13.1. The third-order valence-corrected chi connectivity index (χ3v) is 4.84. The normalized spacial score (nSPS) is 15.8. The summed E-state index contributed by atoms with van der Waals surface area (Å²) in [6, 6.07) is 9.61. The number of carboxylic acids is 1. The number of carbonyl (C=O) groups excluding carboxylic acids is 1. The number of fused-ring (bicyclic) bond motifs is 1. The second kappa shape index (κ2) is 7.88. The Bertz CT molecular complexity index is 883. The Morgan fingerprint density at radius 2 is 1.96 bits per heavy atom. The summed E-state index contributed by atoms with van der Waals surface area (Å²) in [5, 5.41) is 9.87. The number of amides is 1. The van der Waals surface area contributed by atoms with E-state index in [9.17, 15) is 14.7 Å². The summed E-state index contributed by atoms with van der Waals surface area (Å²) in [6.45, 7) is 2.43. The molecule has 1 unspecified atom stereocenters. The summed E-state index contributed by atoms with van der Waals surface area (Å²) in [6.07, 6.45) is 0.263. The number of aliphatic carboxylic acids is 1. The third-order valence-electron chi connectivity index (χ3n) is 4.56. The zero-order valence-electron chi connectivity index (χ0n) is 15.1. The van der Waals surface area contributed by atoms with Crippen molar-refractivity contribution in [3.8, 4) is 11.5 Å². The van der Waals surface area contributed by atoms with Gasteiger partial charge in [-0.25, -0.2) is 4.79 Å². The van der Waals surface area contributed by atoms with Gasteiger partial charge in [-0.05, 0) is 30.2 Å². The molecule has 6 nitrogen and oxygen atoms in total. The average Bonchev–Trinajstić information content (AvgIpc) is 2.67. The lowest BCUT2D eigenvalue weighted by atomic mass is 9.93. The number of hydrogen-bond donors (Lipinski definition) is 1. The molecule has 1 amide bonds. The van der Waals surface area contributed by atoms with Crippen LogP contribution in [0, 0.1) is 0 Å². The standard InChI is InChI=1S/C20H20ClNO5/c1-3-27-18-15(21)8-14(10-17(18)26-2)19(23)22-11-13-7-5-4-6-12(13)9-16(22)20(24)25/h4-8,10,16H,3,9,11H2,1-2H3,(H,24,25). The lowest BCUT2D eigenvalue weighted by molar-refractivity contribution is -0.142. The van der Waals surface area contributed by atoms with Crippen LogP contribution in [-0.2, 0) is 17.8 Å². The molecular formula is C20H20ClNO5. The quantitative estimate of drug-likeness (QED) is 0.848.